The van der Waals surface area contributed by atoms with E-state index in [9.17, 15) is 9.59 Å². The van der Waals surface area contributed by atoms with Gasteiger partial charge >= 0.3 is 11.9 Å². The van der Waals surface area contributed by atoms with Crippen LogP contribution in [0.3, 0.4) is 0 Å². The van der Waals surface area contributed by atoms with E-state index in [-0.39, 0.29) is 0 Å². The van der Waals surface area contributed by atoms with Gasteiger partial charge in [-0.25, -0.2) is 9.59 Å². The third-order valence-corrected chi connectivity index (χ3v) is 4.79. The van der Waals surface area contributed by atoms with Crippen molar-refractivity contribution in [1.29, 1.82) is 0 Å². The molecular formula is C24H48N2O8. The molecule has 2 unspecified atom stereocenters. The highest BCUT2D eigenvalue weighted by molar-refractivity contribution is 5.75. The van der Waals surface area contributed by atoms with Gasteiger partial charge in [-0.05, 0) is 81.3 Å². The van der Waals surface area contributed by atoms with Crippen molar-refractivity contribution in [3.63, 3.8) is 0 Å². The lowest BCUT2D eigenvalue weighted by molar-refractivity contribution is -0.172. The van der Waals surface area contributed by atoms with Gasteiger partial charge in [-0.15, -0.1) is 0 Å². The third kappa shape index (κ3) is 22.0. The van der Waals surface area contributed by atoms with Crippen molar-refractivity contribution in [2.24, 2.45) is 0 Å². The summed E-state index contributed by atoms with van der Waals surface area (Å²) in [5.41, 5.74) is 2.84. The molecule has 10 heteroatoms. The third-order valence-electron chi connectivity index (χ3n) is 4.79. The van der Waals surface area contributed by atoms with E-state index in [0.29, 0.717) is 12.1 Å². The van der Waals surface area contributed by atoms with Crippen molar-refractivity contribution in [2.75, 3.05) is 14.1 Å². The SMILES string of the molecule is CNC(C)CCC=C(C)C.CNC(C)CCC=C(C)C.O=C(O)[C@@H](O)[C@@H](O)[C@@H](O)[C@@H](O)C(=O)O. The van der Waals surface area contributed by atoms with Crippen LogP contribution in [0.15, 0.2) is 23.3 Å². The van der Waals surface area contributed by atoms with Crippen molar-refractivity contribution < 1.29 is 40.2 Å². The lowest BCUT2D eigenvalue weighted by Crippen LogP contribution is -2.49. The fourth-order valence-corrected chi connectivity index (χ4v) is 2.20. The van der Waals surface area contributed by atoms with Crippen molar-refractivity contribution >= 4 is 11.9 Å². The summed E-state index contributed by atoms with van der Waals surface area (Å²) in [5.74, 6) is -3.68. The molecule has 0 aromatic carbocycles. The van der Waals surface area contributed by atoms with Crippen LogP contribution in [0.1, 0.15) is 67.2 Å². The number of carbonyl (C=O) groups is 2. The smallest absolute Gasteiger partial charge is 0.335 e. The standard InChI is InChI=1S/2C9H19N.C6H10O8/c2*1-8(2)6-5-7-9(3)10-4;7-1(3(9)5(11)12)2(8)4(10)6(13)14/h2*6,9-10H,5,7H2,1-4H3;1-4,7-10H,(H,11,12)(H,13,14)/t;;1-,2+,3-,4+. The molecule has 0 aromatic heterocycles. The van der Waals surface area contributed by atoms with Crippen molar-refractivity contribution in [3.05, 3.63) is 23.3 Å². The molecular weight excluding hydrogens is 444 g/mol. The van der Waals surface area contributed by atoms with Crippen LogP contribution in [-0.2, 0) is 9.59 Å². The summed E-state index contributed by atoms with van der Waals surface area (Å²) in [4.78, 5) is 20.2. The molecule has 0 bridgehead atoms. The molecule has 0 radical (unpaired) electrons. The molecule has 202 valence electrons. The fraction of sp³-hybridized carbons (Fsp3) is 0.750. The number of hydrogen-bond acceptors (Lipinski definition) is 8. The Kier molecular flexibility index (Phi) is 23.4. The first-order valence-corrected chi connectivity index (χ1v) is 11.4. The van der Waals surface area contributed by atoms with E-state index in [1.807, 2.05) is 14.1 Å². The quantitative estimate of drug-likeness (QED) is 0.175. The summed E-state index contributed by atoms with van der Waals surface area (Å²) in [6.45, 7) is 13.0. The minimum Gasteiger partial charge on any atom is -0.479 e. The maximum atomic E-state index is 10.1. The summed E-state index contributed by atoms with van der Waals surface area (Å²) >= 11 is 0. The molecule has 0 aliphatic carbocycles. The van der Waals surface area contributed by atoms with E-state index in [1.54, 1.807) is 0 Å². The van der Waals surface area contributed by atoms with Gasteiger partial charge in [-0.1, -0.05) is 23.3 Å². The van der Waals surface area contributed by atoms with Crippen LogP contribution in [0.5, 0.6) is 0 Å². The van der Waals surface area contributed by atoms with Gasteiger partial charge in [0.25, 0.3) is 0 Å². The molecule has 0 aromatic rings. The van der Waals surface area contributed by atoms with E-state index in [0.717, 1.165) is 0 Å². The fourth-order valence-electron chi connectivity index (χ4n) is 2.20. The maximum Gasteiger partial charge on any atom is 0.335 e. The summed E-state index contributed by atoms with van der Waals surface area (Å²) in [6.07, 6.45) is 0.162. The molecule has 0 aliphatic rings. The zero-order valence-corrected chi connectivity index (χ0v) is 21.9. The average molecular weight is 493 g/mol. The lowest BCUT2D eigenvalue weighted by atomic mass is 10.0. The van der Waals surface area contributed by atoms with E-state index in [4.69, 9.17) is 30.6 Å². The number of nitrogens with one attached hydrogen (secondary N) is 2. The second-order valence-corrected chi connectivity index (χ2v) is 8.64. The monoisotopic (exact) mass is 492 g/mol. The normalized spacial score (nSPS) is 15.5. The molecule has 0 amide bonds. The maximum absolute atomic E-state index is 10.1. The zero-order chi connectivity index (χ0) is 27.4. The van der Waals surface area contributed by atoms with E-state index >= 15 is 0 Å². The predicted molar refractivity (Wildman–Crippen MR) is 134 cm³/mol. The number of aliphatic carboxylic acids is 2. The molecule has 0 heterocycles. The van der Waals surface area contributed by atoms with E-state index < -0.39 is 36.4 Å². The molecule has 0 aliphatic heterocycles. The van der Waals surface area contributed by atoms with Crippen LogP contribution in [0.4, 0.5) is 0 Å². The predicted octanol–water partition coefficient (Wildman–Crippen LogP) is 1.28. The summed E-state index contributed by atoms with van der Waals surface area (Å²) in [6, 6.07) is 1.30. The molecule has 0 fully saturated rings. The van der Waals surface area contributed by atoms with E-state index in [2.05, 4.69) is 64.3 Å². The highest BCUT2D eigenvalue weighted by Gasteiger charge is 2.37. The van der Waals surface area contributed by atoms with Gasteiger partial charge in [0.2, 0.25) is 0 Å². The van der Waals surface area contributed by atoms with Gasteiger partial charge in [0, 0.05) is 12.1 Å². The van der Waals surface area contributed by atoms with Crippen LogP contribution >= 0.6 is 0 Å². The molecule has 8 N–H and O–H groups in total. The first kappa shape index (κ1) is 36.7. The number of aliphatic hydroxyl groups excluding tert-OH is 4. The molecule has 10 nitrogen and oxygen atoms in total. The highest BCUT2D eigenvalue weighted by atomic mass is 16.4. The molecule has 0 spiro atoms. The molecule has 0 saturated heterocycles. The first-order chi connectivity index (χ1) is 15.6. The minimum atomic E-state index is -2.36. The van der Waals surface area contributed by atoms with Gasteiger partial charge < -0.3 is 41.3 Å². The minimum absolute atomic E-state index is 0.649. The van der Waals surface area contributed by atoms with Gasteiger partial charge in [0.15, 0.2) is 12.2 Å². The number of carboxylic acid groups (broad SMARTS) is 2. The summed E-state index contributed by atoms with van der Waals surface area (Å²) < 4.78 is 0. The Bertz CT molecular complexity index is 550. The van der Waals surface area contributed by atoms with Gasteiger partial charge in [0.05, 0.1) is 0 Å². The van der Waals surface area contributed by atoms with Crippen LogP contribution in [-0.4, -0.2) is 93.2 Å². The largest absolute Gasteiger partial charge is 0.479 e. The van der Waals surface area contributed by atoms with Crippen LogP contribution in [0.2, 0.25) is 0 Å². The number of carboxylic acids is 2. The molecule has 6 atom stereocenters. The Morgan fingerprint density at radius 3 is 1.12 bits per heavy atom. The Morgan fingerprint density at radius 1 is 0.676 bits per heavy atom. The van der Waals surface area contributed by atoms with Gasteiger partial charge in [-0.2, -0.15) is 0 Å². The number of aliphatic hydroxyl groups is 4. The first-order valence-electron chi connectivity index (χ1n) is 11.4. The van der Waals surface area contributed by atoms with Gasteiger partial charge in [-0.3, -0.25) is 0 Å². The second kappa shape index (κ2) is 21.7. The second-order valence-electron chi connectivity index (χ2n) is 8.64. The Balaban J connectivity index is -0.000000434. The van der Waals surface area contributed by atoms with Crippen molar-refractivity contribution in [1.82, 2.24) is 10.6 Å². The lowest BCUT2D eigenvalue weighted by Gasteiger charge is -2.21. The van der Waals surface area contributed by atoms with Crippen molar-refractivity contribution in [3.8, 4) is 0 Å². The summed E-state index contributed by atoms with van der Waals surface area (Å²) in [7, 11) is 4.01. The molecule has 34 heavy (non-hydrogen) atoms. The highest BCUT2D eigenvalue weighted by Crippen LogP contribution is 2.05. The Morgan fingerprint density at radius 2 is 0.941 bits per heavy atom. The van der Waals surface area contributed by atoms with Crippen molar-refractivity contribution in [2.45, 2.75) is 104 Å². The topological polar surface area (TPSA) is 180 Å². The number of rotatable bonds is 13. The van der Waals surface area contributed by atoms with Gasteiger partial charge in [0.1, 0.15) is 12.2 Å². The van der Waals surface area contributed by atoms with Crippen LogP contribution in [0.25, 0.3) is 0 Å². The molecule has 0 saturated carbocycles. The Hall–Kier alpha value is -1.82. The molecule has 0 rings (SSSR count). The Labute approximate surface area is 204 Å². The average Bonchev–Trinajstić information content (AvgIpc) is 2.76. The summed E-state index contributed by atoms with van der Waals surface area (Å²) in [5, 5.41) is 57.9. The number of hydrogen-bond donors (Lipinski definition) is 8. The van der Waals surface area contributed by atoms with Crippen LogP contribution in [0, 0.1) is 0 Å². The zero-order valence-electron chi connectivity index (χ0n) is 21.9. The number of allylic oxidation sites excluding steroid dienone is 4. The van der Waals surface area contributed by atoms with Crippen LogP contribution < -0.4 is 10.6 Å². The van der Waals surface area contributed by atoms with E-state index in [1.165, 1.54) is 36.8 Å².